The Kier molecular flexibility index (Phi) is 1.68. The van der Waals surface area contributed by atoms with E-state index in [4.69, 9.17) is 0 Å². The smallest absolute Gasteiger partial charge is 0.240 e. The fraction of sp³-hybridized carbons (Fsp3) is 0.857. The number of carbonyl (C=O) groups is 1. The van der Waals surface area contributed by atoms with E-state index in [9.17, 15) is 4.79 Å². The van der Waals surface area contributed by atoms with Gasteiger partial charge in [-0.2, -0.15) is 0 Å². The molecule has 1 fully saturated rings. The highest BCUT2D eigenvalue weighted by molar-refractivity contribution is 5.84. The van der Waals surface area contributed by atoms with Crippen molar-refractivity contribution in [3.63, 3.8) is 0 Å². The molecular weight excluding hydrogens is 128 g/mol. The summed E-state index contributed by atoms with van der Waals surface area (Å²) in [5.74, 6) is 0.150. The highest BCUT2D eigenvalue weighted by Gasteiger charge is 2.44. The van der Waals surface area contributed by atoms with Gasteiger partial charge in [-0.3, -0.25) is 10.2 Å². The number of hydrogen-bond donors (Lipinski definition) is 1. The fourth-order valence-corrected chi connectivity index (χ4v) is 0.753. The molecule has 1 saturated carbocycles. The van der Waals surface area contributed by atoms with E-state index in [1.54, 1.807) is 5.01 Å². The molecule has 0 atom stereocenters. The molecule has 0 bridgehead atoms. The summed E-state index contributed by atoms with van der Waals surface area (Å²) < 4.78 is 0. The van der Waals surface area contributed by atoms with E-state index in [2.05, 4.69) is 5.43 Å². The molecule has 0 unspecified atom stereocenters. The van der Waals surface area contributed by atoms with Crippen LogP contribution in [-0.2, 0) is 4.79 Å². The van der Waals surface area contributed by atoms with Gasteiger partial charge in [0, 0.05) is 19.5 Å². The van der Waals surface area contributed by atoms with Gasteiger partial charge in [0.25, 0.3) is 0 Å². The minimum absolute atomic E-state index is 0.0513. The van der Waals surface area contributed by atoms with Crippen LogP contribution in [0, 0.1) is 5.41 Å². The lowest BCUT2D eigenvalue weighted by Crippen LogP contribution is -2.40. The Labute approximate surface area is 61.4 Å². The zero-order valence-electron chi connectivity index (χ0n) is 6.77. The van der Waals surface area contributed by atoms with Gasteiger partial charge in [-0.1, -0.05) is 6.92 Å². The minimum atomic E-state index is -0.0513. The summed E-state index contributed by atoms with van der Waals surface area (Å²) in [4.78, 5) is 11.2. The van der Waals surface area contributed by atoms with Crippen molar-refractivity contribution in [2.24, 2.45) is 5.41 Å². The molecule has 0 heterocycles. The summed E-state index contributed by atoms with van der Waals surface area (Å²) in [5.41, 5.74) is 2.69. The van der Waals surface area contributed by atoms with Crippen LogP contribution in [0.25, 0.3) is 0 Å². The van der Waals surface area contributed by atoms with Crippen molar-refractivity contribution in [2.75, 3.05) is 14.1 Å². The second-order valence-electron chi connectivity index (χ2n) is 3.40. The van der Waals surface area contributed by atoms with Crippen LogP contribution in [0.15, 0.2) is 0 Å². The normalized spacial score (nSPS) is 20.8. The summed E-state index contributed by atoms with van der Waals surface area (Å²) in [6, 6.07) is 0. The van der Waals surface area contributed by atoms with Crippen molar-refractivity contribution in [3.8, 4) is 0 Å². The van der Waals surface area contributed by atoms with Crippen molar-refractivity contribution in [1.82, 2.24) is 10.4 Å². The monoisotopic (exact) mass is 142 g/mol. The van der Waals surface area contributed by atoms with Crippen LogP contribution in [-0.4, -0.2) is 25.0 Å². The molecule has 58 valence electrons. The van der Waals surface area contributed by atoms with E-state index in [0.29, 0.717) is 0 Å². The largest absolute Gasteiger partial charge is 0.289 e. The lowest BCUT2D eigenvalue weighted by molar-refractivity contribution is -0.129. The maximum absolute atomic E-state index is 11.2. The Hall–Kier alpha value is -0.570. The number of amides is 1. The standard InChI is InChI=1S/C7H14N2O/c1-7(4-5-7)6(10)8-9(2)3/h4-5H2,1-3H3,(H,8,10). The molecule has 0 aromatic heterocycles. The zero-order chi connectivity index (χ0) is 7.78. The molecule has 10 heavy (non-hydrogen) atoms. The Bertz CT molecular complexity index is 150. The number of carbonyl (C=O) groups excluding carboxylic acids is 1. The maximum Gasteiger partial charge on any atom is 0.240 e. The molecule has 0 aliphatic heterocycles. The molecule has 3 heteroatoms. The maximum atomic E-state index is 11.2. The van der Waals surface area contributed by atoms with E-state index in [0.717, 1.165) is 12.8 Å². The van der Waals surface area contributed by atoms with E-state index >= 15 is 0 Å². The SMILES string of the molecule is CN(C)NC(=O)C1(C)CC1. The Morgan fingerprint density at radius 2 is 2.00 bits per heavy atom. The first kappa shape index (κ1) is 7.54. The van der Waals surface area contributed by atoms with Crippen LogP contribution in [0.2, 0.25) is 0 Å². The molecule has 1 N–H and O–H groups in total. The summed E-state index contributed by atoms with van der Waals surface area (Å²) in [6.45, 7) is 1.99. The van der Waals surface area contributed by atoms with Crippen LogP contribution >= 0.6 is 0 Å². The molecule has 0 spiro atoms. The Balaban J connectivity index is 2.35. The lowest BCUT2D eigenvalue weighted by atomic mass is 10.1. The third-order valence-corrected chi connectivity index (χ3v) is 1.87. The predicted molar refractivity (Wildman–Crippen MR) is 39.2 cm³/mol. The van der Waals surface area contributed by atoms with E-state index in [-0.39, 0.29) is 11.3 Å². The van der Waals surface area contributed by atoms with Crippen molar-refractivity contribution >= 4 is 5.91 Å². The van der Waals surface area contributed by atoms with Gasteiger partial charge in [-0.25, -0.2) is 5.01 Å². The quantitative estimate of drug-likeness (QED) is 0.565. The lowest BCUT2D eigenvalue weighted by Gasteiger charge is -2.14. The number of hydrazine groups is 1. The van der Waals surface area contributed by atoms with Gasteiger partial charge in [-0.05, 0) is 12.8 Å². The summed E-state index contributed by atoms with van der Waals surface area (Å²) in [6.07, 6.45) is 2.07. The average Bonchev–Trinajstić information content (AvgIpc) is 2.47. The predicted octanol–water partition coefficient (Wildman–Crippen LogP) is 0.379. The van der Waals surface area contributed by atoms with Gasteiger partial charge in [0.15, 0.2) is 0 Å². The molecule has 1 rings (SSSR count). The first-order chi connectivity index (χ1) is 4.54. The molecular formula is C7H14N2O. The Morgan fingerprint density at radius 3 is 2.30 bits per heavy atom. The van der Waals surface area contributed by atoms with Crippen LogP contribution in [0.5, 0.6) is 0 Å². The third kappa shape index (κ3) is 1.48. The van der Waals surface area contributed by atoms with Crippen LogP contribution in [0.3, 0.4) is 0 Å². The van der Waals surface area contributed by atoms with Gasteiger partial charge in [-0.15, -0.1) is 0 Å². The summed E-state index contributed by atoms with van der Waals surface area (Å²) in [7, 11) is 3.65. The van der Waals surface area contributed by atoms with E-state index in [1.165, 1.54) is 0 Å². The van der Waals surface area contributed by atoms with E-state index in [1.807, 2.05) is 21.0 Å². The average molecular weight is 142 g/mol. The van der Waals surface area contributed by atoms with E-state index < -0.39 is 0 Å². The molecule has 1 amide bonds. The first-order valence-electron chi connectivity index (χ1n) is 3.53. The highest BCUT2D eigenvalue weighted by Crippen LogP contribution is 2.44. The molecule has 3 nitrogen and oxygen atoms in total. The molecule has 0 aromatic rings. The molecule has 1 aliphatic carbocycles. The van der Waals surface area contributed by atoms with Gasteiger partial charge in [0.1, 0.15) is 0 Å². The van der Waals surface area contributed by atoms with Gasteiger partial charge in [0.05, 0.1) is 0 Å². The second kappa shape index (κ2) is 2.23. The van der Waals surface area contributed by atoms with Gasteiger partial charge in [0.2, 0.25) is 5.91 Å². The Morgan fingerprint density at radius 1 is 1.50 bits per heavy atom. The first-order valence-corrected chi connectivity index (χ1v) is 3.53. The third-order valence-electron chi connectivity index (χ3n) is 1.87. The number of hydrogen-bond acceptors (Lipinski definition) is 2. The van der Waals surface area contributed by atoms with Crippen molar-refractivity contribution < 1.29 is 4.79 Å². The van der Waals surface area contributed by atoms with Crippen LogP contribution in [0.1, 0.15) is 19.8 Å². The number of rotatable bonds is 2. The zero-order valence-corrected chi connectivity index (χ0v) is 6.77. The van der Waals surface area contributed by atoms with Crippen LogP contribution < -0.4 is 5.43 Å². The minimum Gasteiger partial charge on any atom is -0.289 e. The molecule has 0 aromatic carbocycles. The molecule has 1 aliphatic rings. The molecule has 0 saturated heterocycles. The molecule has 0 radical (unpaired) electrons. The number of nitrogens with zero attached hydrogens (tertiary/aromatic N) is 1. The summed E-state index contributed by atoms with van der Waals surface area (Å²) >= 11 is 0. The van der Waals surface area contributed by atoms with Gasteiger partial charge >= 0.3 is 0 Å². The second-order valence-corrected chi connectivity index (χ2v) is 3.40. The fourth-order valence-electron chi connectivity index (χ4n) is 0.753. The van der Waals surface area contributed by atoms with Crippen molar-refractivity contribution in [1.29, 1.82) is 0 Å². The highest BCUT2D eigenvalue weighted by atomic mass is 16.2. The van der Waals surface area contributed by atoms with Crippen molar-refractivity contribution in [3.05, 3.63) is 0 Å². The summed E-state index contributed by atoms with van der Waals surface area (Å²) in [5, 5.41) is 1.69. The number of nitrogens with one attached hydrogen (secondary N) is 1. The van der Waals surface area contributed by atoms with Crippen LogP contribution in [0.4, 0.5) is 0 Å². The van der Waals surface area contributed by atoms with Crippen molar-refractivity contribution in [2.45, 2.75) is 19.8 Å². The topological polar surface area (TPSA) is 32.3 Å². The van der Waals surface area contributed by atoms with Gasteiger partial charge < -0.3 is 0 Å².